The van der Waals surface area contributed by atoms with Crippen LogP contribution in [0.3, 0.4) is 0 Å². The summed E-state index contributed by atoms with van der Waals surface area (Å²) in [7, 11) is 0. The number of rotatable bonds is 2. The molecule has 15 heavy (non-hydrogen) atoms. The summed E-state index contributed by atoms with van der Waals surface area (Å²) < 4.78 is 13.3. The number of piperidine rings is 1. The van der Waals surface area contributed by atoms with Crippen molar-refractivity contribution in [3.63, 3.8) is 0 Å². The van der Waals surface area contributed by atoms with Crippen molar-refractivity contribution in [1.29, 1.82) is 0 Å². The number of carbonyl (C=O) groups excluding carboxylic acids is 1. The standard InChI is InChI=1S/C12H14FNO/c13-11-4-2-1-3-9(11)7-10-8-14-6-5-12(10)15/h1-4,10,14H,5-8H2. The molecule has 1 heterocycles. The van der Waals surface area contributed by atoms with E-state index in [2.05, 4.69) is 5.32 Å². The van der Waals surface area contributed by atoms with E-state index in [4.69, 9.17) is 0 Å². The van der Waals surface area contributed by atoms with Crippen LogP contribution >= 0.6 is 0 Å². The molecule has 1 aromatic rings. The van der Waals surface area contributed by atoms with E-state index in [9.17, 15) is 9.18 Å². The lowest BCUT2D eigenvalue weighted by Gasteiger charge is -2.21. The molecule has 3 heteroatoms. The first-order valence-corrected chi connectivity index (χ1v) is 5.24. The van der Waals surface area contributed by atoms with Crippen LogP contribution in [-0.4, -0.2) is 18.9 Å². The molecule has 0 aliphatic carbocycles. The van der Waals surface area contributed by atoms with Gasteiger partial charge in [0.1, 0.15) is 11.6 Å². The summed E-state index contributed by atoms with van der Waals surface area (Å²) >= 11 is 0. The molecule has 0 saturated carbocycles. The molecule has 0 bridgehead atoms. The molecule has 1 aliphatic heterocycles. The Labute approximate surface area is 88.5 Å². The van der Waals surface area contributed by atoms with Gasteiger partial charge in [0.05, 0.1) is 0 Å². The Balaban J connectivity index is 2.08. The van der Waals surface area contributed by atoms with Crippen LogP contribution in [0.4, 0.5) is 4.39 Å². The largest absolute Gasteiger partial charge is 0.316 e. The van der Waals surface area contributed by atoms with Crippen molar-refractivity contribution in [3.05, 3.63) is 35.6 Å². The van der Waals surface area contributed by atoms with Crippen LogP contribution in [0.15, 0.2) is 24.3 Å². The van der Waals surface area contributed by atoms with Crippen LogP contribution in [0.5, 0.6) is 0 Å². The highest BCUT2D eigenvalue weighted by atomic mass is 19.1. The number of halogens is 1. The highest BCUT2D eigenvalue weighted by Crippen LogP contribution is 2.15. The highest BCUT2D eigenvalue weighted by Gasteiger charge is 2.22. The smallest absolute Gasteiger partial charge is 0.138 e. The van der Waals surface area contributed by atoms with Gasteiger partial charge in [0.15, 0.2) is 0 Å². The molecule has 1 N–H and O–H groups in total. The fourth-order valence-electron chi connectivity index (χ4n) is 1.92. The Morgan fingerprint density at radius 3 is 2.93 bits per heavy atom. The average molecular weight is 207 g/mol. The average Bonchev–Trinajstić information content (AvgIpc) is 2.24. The van der Waals surface area contributed by atoms with E-state index in [1.54, 1.807) is 18.2 Å². The van der Waals surface area contributed by atoms with Crippen molar-refractivity contribution in [2.45, 2.75) is 12.8 Å². The topological polar surface area (TPSA) is 29.1 Å². The molecule has 1 aliphatic rings. The number of ketones is 1. The summed E-state index contributed by atoms with van der Waals surface area (Å²) in [6.07, 6.45) is 1.08. The normalized spacial score (nSPS) is 21.7. The summed E-state index contributed by atoms with van der Waals surface area (Å²) in [4.78, 5) is 11.5. The van der Waals surface area contributed by atoms with Gasteiger partial charge in [-0.15, -0.1) is 0 Å². The molecule has 1 fully saturated rings. The maximum absolute atomic E-state index is 13.3. The van der Waals surface area contributed by atoms with Crippen LogP contribution in [0, 0.1) is 11.7 Å². The zero-order valence-corrected chi connectivity index (χ0v) is 8.50. The first kappa shape index (κ1) is 10.3. The molecular weight excluding hydrogens is 193 g/mol. The number of hydrogen-bond donors (Lipinski definition) is 1. The van der Waals surface area contributed by atoms with Gasteiger partial charge in [0.25, 0.3) is 0 Å². The Kier molecular flexibility index (Phi) is 3.11. The number of carbonyl (C=O) groups is 1. The minimum Gasteiger partial charge on any atom is -0.316 e. The predicted molar refractivity (Wildman–Crippen MR) is 56.1 cm³/mol. The van der Waals surface area contributed by atoms with Gasteiger partial charge >= 0.3 is 0 Å². The molecular formula is C12H14FNO. The van der Waals surface area contributed by atoms with Crippen LogP contribution in [0.1, 0.15) is 12.0 Å². The second-order valence-corrected chi connectivity index (χ2v) is 3.91. The van der Waals surface area contributed by atoms with E-state index in [1.807, 2.05) is 0 Å². The Morgan fingerprint density at radius 2 is 2.20 bits per heavy atom. The first-order valence-electron chi connectivity index (χ1n) is 5.24. The Morgan fingerprint density at radius 1 is 1.40 bits per heavy atom. The fraction of sp³-hybridized carbons (Fsp3) is 0.417. The van der Waals surface area contributed by atoms with Gasteiger partial charge in [0.2, 0.25) is 0 Å². The predicted octanol–water partition coefficient (Wildman–Crippen LogP) is 1.55. The summed E-state index contributed by atoms with van der Waals surface area (Å²) in [6, 6.07) is 6.66. The van der Waals surface area contributed by atoms with Gasteiger partial charge in [-0.2, -0.15) is 0 Å². The van der Waals surface area contributed by atoms with Crippen molar-refractivity contribution in [2.24, 2.45) is 5.92 Å². The lowest BCUT2D eigenvalue weighted by molar-refractivity contribution is -0.123. The van der Waals surface area contributed by atoms with Gasteiger partial charge in [-0.1, -0.05) is 18.2 Å². The van der Waals surface area contributed by atoms with Crippen molar-refractivity contribution < 1.29 is 9.18 Å². The van der Waals surface area contributed by atoms with E-state index in [1.165, 1.54) is 6.07 Å². The maximum atomic E-state index is 13.3. The monoisotopic (exact) mass is 207 g/mol. The second-order valence-electron chi connectivity index (χ2n) is 3.91. The minimum absolute atomic E-state index is 0.0596. The lowest BCUT2D eigenvalue weighted by Crippen LogP contribution is -2.38. The van der Waals surface area contributed by atoms with E-state index in [-0.39, 0.29) is 17.5 Å². The van der Waals surface area contributed by atoms with Crippen molar-refractivity contribution in [3.8, 4) is 0 Å². The van der Waals surface area contributed by atoms with Gasteiger partial charge in [-0.3, -0.25) is 4.79 Å². The van der Waals surface area contributed by atoms with Gasteiger partial charge in [0, 0.05) is 25.4 Å². The third-order valence-corrected chi connectivity index (χ3v) is 2.82. The molecule has 2 rings (SSSR count). The number of benzene rings is 1. The molecule has 1 aromatic carbocycles. The molecule has 0 spiro atoms. The summed E-state index contributed by atoms with van der Waals surface area (Å²) in [6.45, 7) is 1.43. The van der Waals surface area contributed by atoms with Gasteiger partial charge < -0.3 is 5.32 Å². The van der Waals surface area contributed by atoms with Crippen molar-refractivity contribution >= 4 is 5.78 Å². The third kappa shape index (κ3) is 2.42. The molecule has 80 valence electrons. The SMILES string of the molecule is O=C1CCNCC1Cc1ccccc1F. The van der Waals surface area contributed by atoms with E-state index in [0.717, 1.165) is 6.54 Å². The molecule has 1 saturated heterocycles. The molecule has 2 nitrogen and oxygen atoms in total. The minimum atomic E-state index is -0.212. The number of nitrogens with one attached hydrogen (secondary N) is 1. The lowest BCUT2D eigenvalue weighted by atomic mass is 9.91. The quantitative estimate of drug-likeness (QED) is 0.797. The third-order valence-electron chi connectivity index (χ3n) is 2.82. The van der Waals surface area contributed by atoms with Gasteiger partial charge in [-0.05, 0) is 18.1 Å². The Bertz CT molecular complexity index is 364. The molecule has 1 atom stereocenters. The molecule has 0 aromatic heterocycles. The summed E-state index contributed by atoms with van der Waals surface area (Å²) in [5.41, 5.74) is 0.638. The highest BCUT2D eigenvalue weighted by molar-refractivity contribution is 5.82. The van der Waals surface area contributed by atoms with Crippen LogP contribution in [0.2, 0.25) is 0 Å². The van der Waals surface area contributed by atoms with Crippen molar-refractivity contribution in [2.75, 3.05) is 13.1 Å². The maximum Gasteiger partial charge on any atom is 0.138 e. The Hall–Kier alpha value is -1.22. The number of hydrogen-bond acceptors (Lipinski definition) is 2. The fourth-order valence-corrected chi connectivity index (χ4v) is 1.92. The molecule has 0 amide bonds. The first-order chi connectivity index (χ1) is 7.27. The van der Waals surface area contributed by atoms with Crippen LogP contribution in [-0.2, 0) is 11.2 Å². The zero-order valence-electron chi connectivity index (χ0n) is 8.50. The van der Waals surface area contributed by atoms with Crippen LogP contribution < -0.4 is 5.32 Å². The van der Waals surface area contributed by atoms with Crippen molar-refractivity contribution in [1.82, 2.24) is 5.32 Å². The van der Waals surface area contributed by atoms with Gasteiger partial charge in [-0.25, -0.2) is 4.39 Å². The van der Waals surface area contributed by atoms with E-state index >= 15 is 0 Å². The summed E-state index contributed by atoms with van der Waals surface area (Å²) in [5, 5.41) is 3.16. The zero-order chi connectivity index (χ0) is 10.7. The molecule has 0 radical (unpaired) electrons. The second kappa shape index (κ2) is 4.53. The van der Waals surface area contributed by atoms with E-state index in [0.29, 0.717) is 24.9 Å². The summed E-state index contributed by atoms with van der Waals surface area (Å²) in [5.74, 6) is -0.0245. The van der Waals surface area contributed by atoms with E-state index < -0.39 is 0 Å². The molecule has 1 unspecified atom stereocenters. The van der Waals surface area contributed by atoms with Crippen LogP contribution in [0.25, 0.3) is 0 Å². The number of Topliss-reactive ketones (excluding diaryl/α,β-unsaturated/α-hetero) is 1.